The Morgan fingerprint density at radius 2 is 1.84 bits per heavy atom. The molecule has 7 rings (SSSR count). The van der Waals surface area contributed by atoms with E-state index in [1.54, 1.807) is 34.6 Å². The number of anilines is 2. The third-order valence-corrected chi connectivity index (χ3v) is 8.82. The first-order chi connectivity index (χ1) is 21.5. The maximum Gasteiger partial charge on any atom is 0.300 e. The van der Waals surface area contributed by atoms with Crippen molar-refractivity contribution in [3.63, 3.8) is 0 Å². The number of benzene rings is 2. The number of hydrogen-bond acceptors (Lipinski definition) is 10. The highest BCUT2D eigenvalue weighted by Crippen LogP contribution is 2.39. The number of aliphatic hydroxyl groups is 1. The third kappa shape index (κ3) is 6.08. The first kappa shape index (κ1) is 28.2. The number of hydrogen-bond donors (Lipinski definition) is 2. The molecule has 222 valence electrons. The van der Waals surface area contributed by atoms with E-state index in [0.717, 1.165) is 51.7 Å². The number of carbonyl (C=O) groups excluding carboxylic acids is 1. The number of nitrogens with zero attached hydrogens (tertiary/aromatic N) is 5. The lowest BCUT2D eigenvalue weighted by Gasteiger charge is -2.34. The molecular weight excluding hydrogens is 600 g/mol. The molecule has 6 aromatic rings. The number of thiophene rings is 1. The van der Waals surface area contributed by atoms with Crippen LogP contribution in [0, 0.1) is 0 Å². The summed E-state index contributed by atoms with van der Waals surface area (Å²) < 4.78 is 13.1. The molecule has 0 bridgehead atoms. The summed E-state index contributed by atoms with van der Waals surface area (Å²) in [4.78, 5) is 30.6. The predicted octanol–water partition coefficient (Wildman–Crippen LogP) is 6.33. The summed E-state index contributed by atoms with van der Waals surface area (Å²) in [6.07, 6.45) is 3.64. The Morgan fingerprint density at radius 1 is 1.00 bits per heavy atom. The van der Waals surface area contributed by atoms with Gasteiger partial charge in [-0.25, -0.2) is 0 Å². The average molecular weight is 627 g/mol. The lowest BCUT2D eigenvalue weighted by atomic mass is 10.2. The van der Waals surface area contributed by atoms with E-state index in [1.807, 2.05) is 54.7 Å². The smallest absolute Gasteiger partial charge is 0.300 e. The van der Waals surface area contributed by atoms with Gasteiger partial charge in [0.15, 0.2) is 5.58 Å². The first-order valence-electron chi connectivity index (χ1n) is 14.1. The molecule has 5 heterocycles. The van der Waals surface area contributed by atoms with Gasteiger partial charge in [-0.3, -0.25) is 19.7 Å². The lowest BCUT2D eigenvalue weighted by Crippen LogP contribution is -2.49. The Bertz CT molecular complexity index is 1940. The van der Waals surface area contributed by atoms with Crippen LogP contribution in [0.4, 0.5) is 11.7 Å². The van der Waals surface area contributed by atoms with Crippen LogP contribution in [0.25, 0.3) is 31.9 Å². The number of rotatable bonds is 8. The number of pyridine rings is 2. The molecule has 0 aliphatic carbocycles. The summed E-state index contributed by atoms with van der Waals surface area (Å²) >= 11 is 7.56. The number of aliphatic hydroxyl groups excluding tert-OH is 1. The number of carbonyl (C=O) groups is 1. The number of piperazine rings is 1. The second-order valence-corrected chi connectivity index (χ2v) is 11.9. The number of halogens is 1. The molecular formula is C32H27ClN6O4S. The van der Waals surface area contributed by atoms with Crippen LogP contribution < -0.4 is 10.1 Å². The van der Waals surface area contributed by atoms with Gasteiger partial charge >= 0.3 is 0 Å². The Hall–Kier alpha value is -4.55. The van der Waals surface area contributed by atoms with Crippen LogP contribution in [0.3, 0.4) is 0 Å². The second kappa shape index (κ2) is 12.2. The Morgan fingerprint density at radius 3 is 2.61 bits per heavy atom. The molecule has 1 fully saturated rings. The second-order valence-electron chi connectivity index (χ2n) is 10.4. The highest BCUT2D eigenvalue weighted by Gasteiger charge is 2.20. The highest BCUT2D eigenvalue weighted by atomic mass is 35.5. The van der Waals surface area contributed by atoms with Crippen molar-refractivity contribution in [2.75, 3.05) is 38.1 Å². The largest absolute Gasteiger partial charge is 0.456 e. The molecule has 12 heteroatoms. The summed E-state index contributed by atoms with van der Waals surface area (Å²) in [6, 6.07) is 21.2. The SMILES string of the molecule is O=C(CO)N1CCN(Cc2ccc(-c3cc4nccc(Oc5ccc6oc(Nc7ccc(Cl)cc7)nc6c5)c4s3)nc2)CC1. The van der Waals surface area contributed by atoms with Crippen molar-refractivity contribution in [2.24, 2.45) is 0 Å². The minimum atomic E-state index is -0.435. The quantitative estimate of drug-likeness (QED) is 0.200. The third-order valence-electron chi connectivity index (χ3n) is 7.40. The van der Waals surface area contributed by atoms with Gasteiger partial charge in [0.2, 0.25) is 5.91 Å². The van der Waals surface area contributed by atoms with Gasteiger partial charge in [0.05, 0.1) is 20.8 Å². The van der Waals surface area contributed by atoms with Gasteiger partial charge in [0.25, 0.3) is 6.01 Å². The summed E-state index contributed by atoms with van der Waals surface area (Å²) in [5, 5.41) is 12.9. The van der Waals surface area contributed by atoms with Crippen molar-refractivity contribution in [1.29, 1.82) is 0 Å². The summed E-state index contributed by atoms with van der Waals surface area (Å²) in [5.41, 5.74) is 4.93. The normalized spacial score (nSPS) is 13.9. The van der Waals surface area contributed by atoms with Gasteiger partial charge in [0.1, 0.15) is 23.6 Å². The molecule has 0 spiro atoms. The molecule has 10 nitrogen and oxygen atoms in total. The number of ether oxygens (including phenoxy) is 1. The molecule has 1 amide bonds. The summed E-state index contributed by atoms with van der Waals surface area (Å²) in [7, 11) is 0. The van der Waals surface area contributed by atoms with Crippen LogP contribution in [0.1, 0.15) is 5.56 Å². The van der Waals surface area contributed by atoms with E-state index in [2.05, 4.69) is 26.3 Å². The van der Waals surface area contributed by atoms with Crippen molar-refractivity contribution in [3.05, 3.63) is 89.7 Å². The number of amides is 1. The zero-order chi connectivity index (χ0) is 30.0. The maximum atomic E-state index is 11.7. The molecule has 2 N–H and O–H groups in total. The molecule has 44 heavy (non-hydrogen) atoms. The average Bonchev–Trinajstić information content (AvgIpc) is 3.67. The minimum Gasteiger partial charge on any atom is -0.456 e. The van der Waals surface area contributed by atoms with E-state index in [0.29, 0.717) is 46.7 Å². The van der Waals surface area contributed by atoms with Crippen molar-refractivity contribution < 1.29 is 19.1 Å². The molecule has 0 radical (unpaired) electrons. The fourth-order valence-corrected chi connectivity index (χ4v) is 6.27. The van der Waals surface area contributed by atoms with Gasteiger partial charge < -0.3 is 24.5 Å². The van der Waals surface area contributed by atoms with Gasteiger partial charge in [-0.15, -0.1) is 11.3 Å². The summed E-state index contributed by atoms with van der Waals surface area (Å²) in [5.74, 6) is 1.12. The van der Waals surface area contributed by atoms with E-state index in [4.69, 9.17) is 30.8 Å². The van der Waals surface area contributed by atoms with E-state index < -0.39 is 6.61 Å². The molecule has 0 saturated carbocycles. The van der Waals surface area contributed by atoms with Crippen LogP contribution in [0.2, 0.25) is 5.02 Å². The Labute approximate surface area is 261 Å². The molecule has 1 aliphatic rings. The number of fused-ring (bicyclic) bond motifs is 2. The molecule has 0 unspecified atom stereocenters. The molecule has 0 atom stereocenters. The fraction of sp³-hybridized carbons (Fsp3) is 0.188. The van der Waals surface area contributed by atoms with Crippen LogP contribution in [0.5, 0.6) is 11.5 Å². The standard InChI is InChI=1S/C32H27ClN6O4S/c33-21-2-4-22(5-3-21)36-32-37-25-15-23(6-8-27(25)43-32)42-28-9-10-34-26-16-29(44-31(26)28)24-7-1-20(17-35-24)18-38-11-13-39(14-12-38)30(41)19-40/h1-10,15-17,40H,11-14,18-19H2,(H,36,37). The van der Waals surface area contributed by atoms with Gasteiger partial charge in [-0.05, 0) is 54.1 Å². The van der Waals surface area contributed by atoms with Gasteiger partial charge in [-0.1, -0.05) is 17.7 Å². The molecule has 1 saturated heterocycles. The van der Waals surface area contributed by atoms with E-state index >= 15 is 0 Å². The van der Waals surface area contributed by atoms with E-state index in [-0.39, 0.29) is 5.91 Å². The highest BCUT2D eigenvalue weighted by molar-refractivity contribution is 7.22. The van der Waals surface area contributed by atoms with Gasteiger partial charge in [0, 0.05) is 68.0 Å². The molecule has 2 aromatic carbocycles. The molecule has 4 aromatic heterocycles. The number of aromatic nitrogens is 3. The van der Waals surface area contributed by atoms with Crippen molar-refractivity contribution in [1.82, 2.24) is 24.8 Å². The zero-order valence-electron chi connectivity index (χ0n) is 23.4. The van der Waals surface area contributed by atoms with Crippen LogP contribution in [-0.4, -0.2) is 68.6 Å². The lowest BCUT2D eigenvalue weighted by molar-refractivity contribution is -0.136. The van der Waals surface area contributed by atoms with Crippen molar-refractivity contribution in [3.8, 4) is 22.1 Å². The Balaban J connectivity index is 1.04. The monoisotopic (exact) mass is 626 g/mol. The maximum absolute atomic E-state index is 11.7. The van der Waals surface area contributed by atoms with E-state index in [9.17, 15) is 4.79 Å². The van der Waals surface area contributed by atoms with Crippen molar-refractivity contribution >= 4 is 61.9 Å². The number of oxazole rings is 1. The molecule has 1 aliphatic heterocycles. The Kier molecular flexibility index (Phi) is 7.84. The predicted molar refractivity (Wildman–Crippen MR) is 171 cm³/mol. The number of nitrogens with one attached hydrogen (secondary N) is 1. The van der Waals surface area contributed by atoms with Crippen molar-refractivity contribution in [2.45, 2.75) is 6.54 Å². The van der Waals surface area contributed by atoms with E-state index in [1.165, 1.54) is 0 Å². The van der Waals surface area contributed by atoms with Gasteiger partial charge in [-0.2, -0.15) is 4.98 Å². The zero-order valence-corrected chi connectivity index (χ0v) is 25.0. The first-order valence-corrected chi connectivity index (χ1v) is 15.3. The minimum absolute atomic E-state index is 0.213. The van der Waals surface area contributed by atoms with Crippen LogP contribution in [-0.2, 0) is 11.3 Å². The topological polar surface area (TPSA) is 117 Å². The summed E-state index contributed by atoms with van der Waals surface area (Å²) in [6.45, 7) is 3.11. The van der Waals surface area contributed by atoms with Crippen LogP contribution in [0.15, 0.2) is 83.5 Å². The van der Waals surface area contributed by atoms with Crippen LogP contribution >= 0.6 is 22.9 Å². The fourth-order valence-electron chi connectivity index (χ4n) is 5.11.